The van der Waals surface area contributed by atoms with Crippen molar-refractivity contribution in [2.24, 2.45) is 0 Å². The molecule has 1 aromatic carbocycles. The van der Waals surface area contributed by atoms with Crippen LogP contribution in [0.4, 0.5) is 10.1 Å². The molecule has 0 saturated carbocycles. The fourth-order valence-electron chi connectivity index (χ4n) is 1.46. The molecule has 0 atom stereocenters. The molecule has 0 spiro atoms. The highest BCUT2D eigenvalue weighted by atomic mass is 19.1. The molecule has 0 aliphatic heterocycles. The summed E-state index contributed by atoms with van der Waals surface area (Å²) >= 11 is 0. The molecule has 88 valence electrons. The van der Waals surface area contributed by atoms with Gasteiger partial charge in [0.1, 0.15) is 11.6 Å². The predicted octanol–water partition coefficient (Wildman–Crippen LogP) is 2.84. The van der Waals surface area contributed by atoms with Crippen LogP contribution in [-0.4, -0.2) is 12.1 Å². The van der Waals surface area contributed by atoms with Gasteiger partial charge in [0.25, 0.3) is 0 Å². The van der Waals surface area contributed by atoms with Crippen LogP contribution >= 0.6 is 0 Å². The van der Waals surface area contributed by atoms with Crippen LogP contribution in [-0.2, 0) is 6.54 Å². The minimum atomic E-state index is -0.321. The summed E-state index contributed by atoms with van der Waals surface area (Å²) in [7, 11) is 1.51. The van der Waals surface area contributed by atoms with Gasteiger partial charge in [-0.3, -0.25) is 4.98 Å². The second-order valence-corrected chi connectivity index (χ2v) is 3.55. The number of aromatic nitrogens is 1. The average molecular weight is 232 g/mol. The van der Waals surface area contributed by atoms with Gasteiger partial charge in [-0.05, 0) is 29.8 Å². The van der Waals surface area contributed by atoms with Crippen molar-refractivity contribution in [2.75, 3.05) is 12.4 Å². The Labute approximate surface area is 99.3 Å². The second-order valence-electron chi connectivity index (χ2n) is 3.55. The lowest BCUT2D eigenvalue weighted by Crippen LogP contribution is -2.01. The molecule has 0 fully saturated rings. The molecule has 3 nitrogen and oxygen atoms in total. The summed E-state index contributed by atoms with van der Waals surface area (Å²) < 4.78 is 18.5. The monoisotopic (exact) mass is 232 g/mol. The number of rotatable bonds is 4. The van der Waals surface area contributed by atoms with Gasteiger partial charge in [-0.2, -0.15) is 0 Å². The van der Waals surface area contributed by atoms with E-state index in [0.29, 0.717) is 18.0 Å². The molecular weight excluding hydrogens is 219 g/mol. The molecule has 0 radical (unpaired) electrons. The molecule has 1 aromatic heterocycles. The average Bonchev–Trinajstić information content (AvgIpc) is 2.38. The Hall–Kier alpha value is -2.10. The van der Waals surface area contributed by atoms with Crippen molar-refractivity contribution in [3.63, 3.8) is 0 Å². The maximum absolute atomic E-state index is 13.6. The Morgan fingerprint density at radius 1 is 1.24 bits per heavy atom. The molecule has 2 aromatic rings. The number of anilines is 1. The van der Waals surface area contributed by atoms with E-state index < -0.39 is 0 Å². The Kier molecular flexibility index (Phi) is 3.55. The van der Waals surface area contributed by atoms with Crippen molar-refractivity contribution in [1.82, 2.24) is 4.98 Å². The number of nitrogens with zero attached hydrogens (tertiary/aromatic N) is 1. The van der Waals surface area contributed by atoms with Crippen LogP contribution in [0.2, 0.25) is 0 Å². The van der Waals surface area contributed by atoms with Crippen molar-refractivity contribution in [3.05, 3.63) is 54.1 Å². The van der Waals surface area contributed by atoms with E-state index in [1.807, 2.05) is 12.1 Å². The summed E-state index contributed by atoms with van der Waals surface area (Å²) in [6, 6.07) is 8.51. The maximum Gasteiger partial charge on any atom is 0.149 e. The van der Waals surface area contributed by atoms with Gasteiger partial charge in [0, 0.05) is 25.0 Å². The first kappa shape index (κ1) is 11.4. The fraction of sp³-hybridized carbons (Fsp3) is 0.154. The van der Waals surface area contributed by atoms with Crippen molar-refractivity contribution in [2.45, 2.75) is 6.54 Å². The lowest BCUT2D eigenvalue weighted by Gasteiger charge is -2.08. The molecule has 0 aliphatic rings. The molecule has 1 N–H and O–H groups in total. The molecule has 0 bridgehead atoms. The van der Waals surface area contributed by atoms with Gasteiger partial charge in [0.2, 0.25) is 0 Å². The van der Waals surface area contributed by atoms with Crippen molar-refractivity contribution >= 4 is 5.69 Å². The number of ether oxygens (including phenoxy) is 1. The van der Waals surface area contributed by atoms with E-state index in [-0.39, 0.29) is 5.82 Å². The maximum atomic E-state index is 13.6. The molecular formula is C13H13FN2O. The topological polar surface area (TPSA) is 34.1 Å². The third-order valence-electron chi connectivity index (χ3n) is 2.41. The smallest absolute Gasteiger partial charge is 0.149 e. The van der Waals surface area contributed by atoms with E-state index in [9.17, 15) is 4.39 Å². The summed E-state index contributed by atoms with van der Waals surface area (Å²) in [5.41, 5.74) is 1.51. The number of benzene rings is 1. The first-order valence-electron chi connectivity index (χ1n) is 5.26. The minimum absolute atomic E-state index is 0.321. The van der Waals surface area contributed by atoms with E-state index >= 15 is 0 Å². The lowest BCUT2D eigenvalue weighted by molar-refractivity contribution is 0.411. The van der Waals surface area contributed by atoms with Crippen molar-refractivity contribution in [3.8, 4) is 5.75 Å². The quantitative estimate of drug-likeness (QED) is 0.880. The predicted molar refractivity (Wildman–Crippen MR) is 64.5 cm³/mol. The molecule has 0 saturated heterocycles. The molecule has 2 rings (SSSR count). The van der Waals surface area contributed by atoms with Crippen LogP contribution in [0.15, 0.2) is 42.7 Å². The third kappa shape index (κ3) is 2.93. The van der Waals surface area contributed by atoms with Crippen LogP contribution in [0.25, 0.3) is 0 Å². The normalized spacial score (nSPS) is 10.0. The zero-order valence-corrected chi connectivity index (χ0v) is 9.48. The Bertz CT molecular complexity index is 488. The van der Waals surface area contributed by atoms with E-state index in [4.69, 9.17) is 4.74 Å². The Morgan fingerprint density at radius 3 is 2.65 bits per heavy atom. The lowest BCUT2D eigenvalue weighted by atomic mass is 10.2. The van der Waals surface area contributed by atoms with Gasteiger partial charge in [-0.25, -0.2) is 4.39 Å². The van der Waals surface area contributed by atoms with E-state index in [1.54, 1.807) is 24.5 Å². The Morgan fingerprint density at radius 2 is 2.00 bits per heavy atom. The number of pyridine rings is 1. The first-order valence-corrected chi connectivity index (χ1v) is 5.26. The van der Waals surface area contributed by atoms with Crippen molar-refractivity contribution in [1.29, 1.82) is 0 Å². The van der Waals surface area contributed by atoms with Gasteiger partial charge in [-0.15, -0.1) is 0 Å². The van der Waals surface area contributed by atoms with E-state index in [0.717, 1.165) is 5.56 Å². The third-order valence-corrected chi connectivity index (χ3v) is 2.41. The zero-order valence-electron chi connectivity index (χ0n) is 9.48. The van der Waals surface area contributed by atoms with Gasteiger partial charge < -0.3 is 10.1 Å². The van der Waals surface area contributed by atoms with Gasteiger partial charge >= 0.3 is 0 Å². The largest absolute Gasteiger partial charge is 0.497 e. The summed E-state index contributed by atoms with van der Waals surface area (Å²) in [5.74, 6) is 0.190. The first-order chi connectivity index (χ1) is 8.29. The van der Waals surface area contributed by atoms with Crippen LogP contribution in [0.1, 0.15) is 5.56 Å². The zero-order chi connectivity index (χ0) is 12.1. The van der Waals surface area contributed by atoms with Crippen molar-refractivity contribution < 1.29 is 9.13 Å². The van der Waals surface area contributed by atoms with Crippen LogP contribution in [0, 0.1) is 5.82 Å². The molecule has 0 aliphatic carbocycles. The highest BCUT2D eigenvalue weighted by molar-refractivity contribution is 5.48. The number of halogens is 1. The summed E-state index contributed by atoms with van der Waals surface area (Å²) in [4.78, 5) is 3.92. The summed E-state index contributed by atoms with van der Waals surface area (Å²) in [5, 5.41) is 3.02. The van der Waals surface area contributed by atoms with E-state index in [1.165, 1.54) is 13.2 Å². The molecule has 0 amide bonds. The minimum Gasteiger partial charge on any atom is -0.497 e. The standard InChI is InChI=1S/C13H13FN2O/c1-17-11-2-3-13(12(14)8-11)16-9-10-4-6-15-7-5-10/h2-8,16H,9H2,1H3. The Balaban J connectivity index is 2.04. The van der Waals surface area contributed by atoms with Gasteiger partial charge in [-0.1, -0.05) is 0 Å². The van der Waals surface area contributed by atoms with Crippen LogP contribution in [0.3, 0.4) is 0 Å². The second kappa shape index (κ2) is 5.30. The molecule has 4 heteroatoms. The highest BCUT2D eigenvalue weighted by Gasteiger charge is 2.03. The SMILES string of the molecule is COc1ccc(NCc2ccncc2)c(F)c1. The molecule has 1 heterocycles. The van der Waals surface area contributed by atoms with Crippen LogP contribution in [0.5, 0.6) is 5.75 Å². The number of hydrogen-bond acceptors (Lipinski definition) is 3. The fourth-order valence-corrected chi connectivity index (χ4v) is 1.46. The molecule has 17 heavy (non-hydrogen) atoms. The van der Waals surface area contributed by atoms with E-state index in [2.05, 4.69) is 10.3 Å². The summed E-state index contributed by atoms with van der Waals surface area (Å²) in [6.45, 7) is 0.561. The number of methoxy groups -OCH3 is 1. The molecule has 0 unspecified atom stereocenters. The van der Waals surface area contributed by atoms with Crippen LogP contribution < -0.4 is 10.1 Å². The number of hydrogen-bond donors (Lipinski definition) is 1. The van der Waals surface area contributed by atoms with Gasteiger partial charge in [0.15, 0.2) is 0 Å². The van der Waals surface area contributed by atoms with Gasteiger partial charge in [0.05, 0.1) is 12.8 Å². The summed E-state index contributed by atoms with van der Waals surface area (Å²) in [6.07, 6.45) is 3.42. The highest BCUT2D eigenvalue weighted by Crippen LogP contribution is 2.20. The number of nitrogens with one attached hydrogen (secondary N) is 1.